The lowest BCUT2D eigenvalue weighted by Crippen LogP contribution is -2.50. The van der Waals surface area contributed by atoms with Crippen LogP contribution in [0.4, 0.5) is 5.69 Å². The van der Waals surface area contributed by atoms with Crippen LogP contribution < -0.4 is 10.6 Å². The van der Waals surface area contributed by atoms with Crippen LogP contribution in [0, 0.1) is 0 Å². The summed E-state index contributed by atoms with van der Waals surface area (Å²) in [4.78, 5) is 11.9. The van der Waals surface area contributed by atoms with E-state index in [0.29, 0.717) is 6.54 Å². The maximum atomic E-state index is 11.9. The summed E-state index contributed by atoms with van der Waals surface area (Å²) in [6.07, 6.45) is 1.06. The third-order valence-corrected chi connectivity index (χ3v) is 4.20. The molecule has 0 aromatic heterocycles. The van der Waals surface area contributed by atoms with Gasteiger partial charge in [0.1, 0.15) is 0 Å². The lowest BCUT2D eigenvalue weighted by atomic mass is 9.95. The predicted molar refractivity (Wildman–Crippen MR) is 79.2 cm³/mol. The average molecular weight is 327 g/mol. The third-order valence-electron chi connectivity index (χ3n) is 3.67. The number of hydrogen-bond acceptors (Lipinski definition) is 3. The second-order valence-electron chi connectivity index (χ2n) is 5.09. The molecular formula is C14H19BrN2O2. The normalized spacial score (nSPS) is 26.4. The van der Waals surface area contributed by atoms with Gasteiger partial charge in [0.15, 0.2) is 0 Å². The van der Waals surface area contributed by atoms with Crippen LogP contribution in [0.3, 0.4) is 0 Å². The Balaban J connectivity index is 1.83. The first kappa shape index (κ1) is 14.5. The van der Waals surface area contributed by atoms with Crippen LogP contribution in [-0.4, -0.2) is 30.7 Å². The van der Waals surface area contributed by atoms with Gasteiger partial charge in [0.05, 0.1) is 12.6 Å². The van der Waals surface area contributed by atoms with Gasteiger partial charge < -0.3 is 15.4 Å². The molecule has 2 N–H and O–H groups in total. The molecule has 1 aromatic carbocycles. The minimum absolute atomic E-state index is 0.0392. The first-order chi connectivity index (χ1) is 8.99. The van der Waals surface area contributed by atoms with Gasteiger partial charge in [0.2, 0.25) is 5.91 Å². The van der Waals surface area contributed by atoms with E-state index < -0.39 is 0 Å². The van der Waals surface area contributed by atoms with Gasteiger partial charge in [-0.05, 0) is 44.5 Å². The summed E-state index contributed by atoms with van der Waals surface area (Å²) >= 11 is 3.36. The lowest BCUT2D eigenvalue weighted by Gasteiger charge is -2.28. The minimum atomic E-state index is -0.114. The number of rotatable bonds is 4. The zero-order valence-electron chi connectivity index (χ0n) is 11.2. The fourth-order valence-corrected chi connectivity index (χ4v) is 2.35. The molecule has 1 aromatic rings. The van der Waals surface area contributed by atoms with E-state index in [2.05, 4.69) is 33.5 Å². The van der Waals surface area contributed by atoms with Crippen LogP contribution in [-0.2, 0) is 9.53 Å². The second-order valence-corrected chi connectivity index (χ2v) is 6.00. The average Bonchev–Trinajstić information content (AvgIpc) is 2.71. The van der Waals surface area contributed by atoms with Gasteiger partial charge in [-0.2, -0.15) is 0 Å². The Morgan fingerprint density at radius 1 is 1.47 bits per heavy atom. The molecule has 1 aliphatic rings. The van der Waals surface area contributed by atoms with Gasteiger partial charge in [-0.15, -0.1) is 0 Å². The number of carbonyl (C=O) groups is 1. The number of carbonyl (C=O) groups excluding carboxylic acids is 1. The highest BCUT2D eigenvalue weighted by atomic mass is 79.9. The van der Waals surface area contributed by atoms with Gasteiger partial charge in [0.25, 0.3) is 0 Å². The highest BCUT2D eigenvalue weighted by molar-refractivity contribution is 9.10. The summed E-state index contributed by atoms with van der Waals surface area (Å²) in [7, 11) is 0. The molecule has 1 saturated heterocycles. The van der Waals surface area contributed by atoms with E-state index in [0.717, 1.165) is 23.2 Å². The third kappa shape index (κ3) is 3.78. The fourth-order valence-electron chi connectivity index (χ4n) is 2.09. The van der Waals surface area contributed by atoms with E-state index in [9.17, 15) is 4.79 Å². The molecule has 0 radical (unpaired) electrons. The Bertz CT molecular complexity index is 449. The number of benzene rings is 1. The van der Waals surface area contributed by atoms with Crippen molar-refractivity contribution in [2.45, 2.75) is 31.9 Å². The van der Waals surface area contributed by atoms with E-state index in [4.69, 9.17) is 4.74 Å². The largest absolute Gasteiger partial charge is 0.377 e. The molecule has 0 bridgehead atoms. The van der Waals surface area contributed by atoms with Crippen molar-refractivity contribution in [1.29, 1.82) is 0 Å². The van der Waals surface area contributed by atoms with Crippen LogP contribution in [0.2, 0.25) is 0 Å². The molecule has 0 aliphatic carbocycles. The van der Waals surface area contributed by atoms with E-state index in [1.807, 2.05) is 31.2 Å². The number of ether oxygens (including phenoxy) is 1. The van der Waals surface area contributed by atoms with Crippen LogP contribution in [0.25, 0.3) is 0 Å². The number of amides is 1. The summed E-state index contributed by atoms with van der Waals surface area (Å²) in [6, 6.07) is 7.53. The van der Waals surface area contributed by atoms with Crippen molar-refractivity contribution in [3.63, 3.8) is 0 Å². The van der Waals surface area contributed by atoms with Gasteiger partial charge in [-0.25, -0.2) is 0 Å². The van der Waals surface area contributed by atoms with E-state index in [-0.39, 0.29) is 17.6 Å². The molecule has 2 atom stereocenters. The molecule has 19 heavy (non-hydrogen) atoms. The molecule has 1 aliphatic heterocycles. The number of halogens is 1. The van der Waals surface area contributed by atoms with Gasteiger partial charge in [0, 0.05) is 22.3 Å². The monoisotopic (exact) mass is 326 g/mol. The molecule has 1 amide bonds. The number of anilines is 1. The molecule has 1 fully saturated rings. The number of nitrogens with one attached hydrogen (secondary N) is 2. The zero-order valence-corrected chi connectivity index (χ0v) is 12.8. The Morgan fingerprint density at radius 3 is 2.74 bits per heavy atom. The van der Waals surface area contributed by atoms with Crippen molar-refractivity contribution in [2.24, 2.45) is 0 Å². The van der Waals surface area contributed by atoms with Crippen molar-refractivity contribution < 1.29 is 9.53 Å². The number of hydrogen-bond donors (Lipinski definition) is 2. The Kier molecular flexibility index (Phi) is 4.60. The highest BCUT2D eigenvalue weighted by Crippen LogP contribution is 2.24. The van der Waals surface area contributed by atoms with Gasteiger partial charge >= 0.3 is 0 Å². The molecule has 104 valence electrons. The van der Waals surface area contributed by atoms with Gasteiger partial charge in [-0.1, -0.05) is 15.9 Å². The fraction of sp³-hybridized carbons (Fsp3) is 0.500. The van der Waals surface area contributed by atoms with E-state index >= 15 is 0 Å². The van der Waals surface area contributed by atoms with Crippen LogP contribution in [0.1, 0.15) is 20.3 Å². The quantitative estimate of drug-likeness (QED) is 0.894. The molecule has 1 heterocycles. The Morgan fingerprint density at radius 2 is 2.16 bits per heavy atom. The van der Waals surface area contributed by atoms with Crippen molar-refractivity contribution in [3.8, 4) is 0 Å². The molecule has 2 rings (SSSR count). The van der Waals surface area contributed by atoms with E-state index in [1.54, 1.807) is 0 Å². The molecule has 0 unspecified atom stereocenters. The van der Waals surface area contributed by atoms with Crippen molar-refractivity contribution in [3.05, 3.63) is 28.7 Å². The molecular weight excluding hydrogens is 308 g/mol. The maximum absolute atomic E-state index is 11.9. The zero-order chi connectivity index (χ0) is 13.9. The maximum Gasteiger partial charge on any atom is 0.238 e. The molecule has 0 saturated carbocycles. The molecule has 4 nitrogen and oxygen atoms in total. The molecule has 5 heteroatoms. The SMILES string of the molecule is C[C@@H]1OCC[C@]1(C)NCC(=O)Nc1ccc(Br)cc1. The smallest absolute Gasteiger partial charge is 0.238 e. The lowest BCUT2D eigenvalue weighted by molar-refractivity contribution is -0.115. The highest BCUT2D eigenvalue weighted by Gasteiger charge is 2.36. The Hall–Kier alpha value is -0.910. The second kappa shape index (κ2) is 6.03. The van der Waals surface area contributed by atoms with Crippen molar-refractivity contribution in [2.75, 3.05) is 18.5 Å². The summed E-state index contributed by atoms with van der Waals surface area (Å²) < 4.78 is 6.53. The standard InChI is InChI=1S/C14H19BrN2O2/c1-10-14(2,7-8-19-10)16-9-13(18)17-12-5-3-11(15)4-6-12/h3-6,10,16H,7-9H2,1-2H3,(H,17,18)/t10-,14-/m0/s1. The summed E-state index contributed by atoms with van der Waals surface area (Å²) in [6.45, 7) is 5.17. The molecule has 0 spiro atoms. The minimum Gasteiger partial charge on any atom is -0.377 e. The van der Waals surface area contributed by atoms with Crippen LogP contribution >= 0.6 is 15.9 Å². The Labute approximate surface area is 122 Å². The summed E-state index contributed by atoms with van der Waals surface area (Å²) in [5, 5.41) is 6.15. The predicted octanol–water partition coefficient (Wildman–Crippen LogP) is 2.54. The first-order valence-corrected chi connectivity index (χ1v) is 7.21. The van der Waals surface area contributed by atoms with Crippen molar-refractivity contribution >= 4 is 27.5 Å². The topological polar surface area (TPSA) is 50.4 Å². The van der Waals surface area contributed by atoms with E-state index in [1.165, 1.54) is 0 Å². The van der Waals surface area contributed by atoms with Crippen LogP contribution in [0.5, 0.6) is 0 Å². The summed E-state index contributed by atoms with van der Waals surface area (Å²) in [5.41, 5.74) is 0.688. The van der Waals surface area contributed by atoms with Gasteiger partial charge in [-0.3, -0.25) is 4.79 Å². The van der Waals surface area contributed by atoms with Crippen LogP contribution in [0.15, 0.2) is 28.7 Å². The summed E-state index contributed by atoms with van der Waals surface area (Å²) in [5.74, 6) is -0.0392. The first-order valence-electron chi connectivity index (χ1n) is 6.42. The van der Waals surface area contributed by atoms with Crippen molar-refractivity contribution in [1.82, 2.24) is 5.32 Å².